The summed E-state index contributed by atoms with van der Waals surface area (Å²) in [4.78, 5) is 16.4. The number of hydrogen-bond acceptors (Lipinski definition) is 4. The summed E-state index contributed by atoms with van der Waals surface area (Å²) < 4.78 is 5.12. The molecule has 0 saturated heterocycles. The Kier molecular flexibility index (Phi) is 5.04. The molecule has 24 heavy (non-hydrogen) atoms. The number of nitrogens with zero attached hydrogens (tertiary/aromatic N) is 2. The Morgan fingerprint density at radius 3 is 2.50 bits per heavy atom. The van der Waals surface area contributed by atoms with Crippen molar-refractivity contribution in [1.29, 1.82) is 0 Å². The monoisotopic (exact) mass is 381 g/mol. The minimum Gasteiger partial charge on any atom is -0.343 e. The van der Waals surface area contributed by atoms with Crippen LogP contribution >= 0.6 is 34.8 Å². The summed E-state index contributed by atoms with van der Waals surface area (Å²) in [6, 6.07) is 11.7. The number of aromatic nitrogens is 2. The van der Waals surface area contributed by atoms with Crippen molar-refractivity contribution >= 4 is 40.7 Å². The van der Waals surface area contributed by atoms with Crippen molar-refractivity contribution in [3.05, 3.63) is 69.0 Å². The molecule has 0 fully saturated rings. The van der Waals surface area contributed by atoms with E-state index in [1.807, 2.05) is 0 Å². The van der Waals surface area contributed by atoms with Crippen LogP contribution in [-0.4, -0.2) is 16.0 Å². The summed E-state index contributed by atoms with van der Waals surface area (Å²) >= 11 is 17.7. The van der Waals surface area contributed by atoms with Gasteiger partial charge in [0.2, 0.25) is 11.7 Å². The fraction of sp³-hybridized carbons (Fsp3) is 0.0625. The first-order valence-corrected chi connectivity index (χ1v) is 7.98. The lowest BCUT2D eigenvalue weighted by molar-refractivity contribution is 0.0946. The maximum absolute atomic E-state index is 12.1. The van der Waals surface area contributed by atoms with Gasteiger partial charge in [0, 0.05) is 15.6 Å². The average Bonchev–Trinajstić information content (AvgIpc) is 3.04. The topological polar surface area (TPSA) is 68.0 Å². The Labute approximate surface area is 152 Å². The van der Waals surface area contributed by atoms with E-state index in [4.69, 9.17) is 39.3 Å². The molecule has 1 N–H and O–H groups in total. The van der Waals surface area contributed by atoms with Crippen molar-refractivity contribution in [2.75, 3.05) is 0 Å². The standard InChI is InChI=1S/C16H10Cl3N3O2/c17-10-3-1-9(2-4-10)15-21-14(24-22-15)8-20-16(23)12-7-11(18)5-6-13(12)19/h1-7H,8H2,(H,20,23). The van der Waals surface area contributed by atoms with Crippen LogP contribution in [0.15, 0.2) is 47.0 Å². The summed E-state index contributed by atoms with van der Waals surface area (Å²) in [5, 5.41) is 7.88. The second kappa shape index (κ2) is 7.21. The number of rotatable bonds is 4. The van der Waals surface area contributed by atoms with Crippen molar-refractivity contribution < 1.29 is 9.32 Å². The molecule has 0 atom stereocenters. The Morgan fingerprint density at radius 2 is 1.75 bits per heavy atom. The normalized spacial score (nSPS) is 10.6. The predicted molar refractivity (Wildman–Crippen MR) is 92.4 cm³/mol. The third-order valence-corrected chi connectivity index (χ3v) is 3.96. The third-order valence-electron chi connectivity index (χ3n) is 3.14. The van der Waals surface area contributed by atoms with Crippen LogP contribution in [0.25, 0.3) is 11.4 Å². The highest BCUT2D eigenvalue weighted by Gasteiger charge is 2.13. The van der Waals surface area contributed by atoms with Gasteiger partial charge in [0.25, 0.3) is 5.91 Å². The molecular formula is C16H10Cl3N3O2. The first-order chi connectivity index (χ1) is 11.5. The van der Waals surface area contributed by atoms with E-state index < -0.39 is 0 Å². The minimum atomic E-state index is -0.381. The third kappa shape index (κ3) is 3.87. The molecule has 0 aliphatic heterocycles. The number of benzene rings is 2. The van der Waals surface area contributed by atoms with Crippen LogP contribution in [0.3, 0.4) is 0 Å². The van der Waals surface area contributed by atoms with E-state index in [-0.39, 0.29) is 23.9 Å². The van der Waals surface area contributed by atoms with E-state index in [0.29, 0.717) is 20.9 Å². The van der Waals surface area contributed by atoms with Crippen molar-refractivity contribution in [3.8, 4) is 11.4 Å². The van der Waals surface area contributed by atoms with Crippen molar-refractivity contribution in [3.63, 3.8) is 0 Å². The van der Waals surface area contributed by atoms with E-state index in [1.54, 1.807) is 36.4 Å². The van der Waals surface area contributed by atoms with Gasteiger partial charge in [-0.2, -0.15) is 4.98 Å². The Balaban J connectivity index is 1.68. The molecular weight excluding hydrogens is 373 g/mol. The van der Waals surface area contributed by atoms with Crippen LogP contribution in [0, 0.1) is 0 Å². The summed E-state index contributed by atoms with van der Waals surface area (Å²) in [7, 11) is 0. The SMILES string of the molecule is O=C(NCc1nc(-c2ccc(Cl)cc2)no1)c1cc(Cl)ccc1Cl. The second-order valence-electron chi connectivity index (χ2n) is 4.83. The van der Waals surface area contributed by atoms with Gasteiger partial charge < -0.3 is 9.84 Å². The molecule has 3 aromatic rings. The van der Waals surface area contributed by atoms with E-state index >= 15 is 0 Å². The van der Waals surface area contributed by atoms with Gasteiger partial charge >= 0.3 is 0 Å². The molecule has 5 nitrogen and oxygen atoms in total. The Hall–Kier alpha value is -2.08. The second-order valence-corrected chi connectivity index (χ2v) is 6.11. The zero-order chi connectivity index (χ0) is 17.1. The first kappa shape index (κ1) is 16.8. The van der Waals surface area contributed by atoms with Crippen LogP contribution in [0.1, 0.15) is 16.2 Å². The van der Waals surface area contributed by atoms with Gasteiger partial charge in [0.1, 0.15) is 0 Å². The van der Waals surface area contributed by atoms with Gasteiger partial charge in [-0.3, -0.25) is 4.79 Å². The van der Waals surface area contributed by atoms with E-state index in [0.717, 1.165) is 5.56 Å². The van der Waals surface area contributed by atoms with Crippen LogP contribution < -0.4 is 5.32 Å². The van der Waals surface area contributed by atoms with Crippen LogP contribution in [-0.2, 0) is 6.54 Å². The molecule has 122 valence electrons. The zero-order valence-electron chi connectivity index (χ0n) is 12.1. The van der Waals surface area contributed by atoms with Gasteiger partial charge in [-0.05, 0) is 42.5 Å². The molecule has 3 rings (SSSR count). The highest BCUT2D eigenvalue weighted by molar-refractivity contribution is 6.35. The largest absolute Gasteiger partial charge is 0.343 e. The van der Waals surface area contributed by atoms with Crippen LogP contribution in [0.5, 0.6) is 0 Å². The molecule has 0 spiro atoms. The average molecular weight is 383 g/mol. The minimum absolute atomic E-state index is 0.0717. The van der Waals surface area contributed by atoms with E-state index in [2.05, 4.69) is 15.5 Å². The molecule has 0 saturated carbocycles. The number of nitrogens with one attached hydrogen (secondary N) is 1. The summed E-state index contributed by atoms with van der Waals surface area (Å²) in [6.45, 7) is 0.0717. The van der Waals surface area contributed by atoms with Gasteiger partial charge in [0.15, 0.2) is 0 Å². The van der Waals surface area contributed by atoms with Gasteiger partial charge in [-0.25, -0.2) is 0 Å². The Bertz CT molecular complexity index is 879. The molecule has 0 bridgehead atoms. The summed E-state index contributed by atoms with van der Waals surface area (Å²) in [6.07, 6.45) is 0. The quantitative estimate of drug-likeness (QED) is 0.714. The number of hydrogen-bond donors (Lipinski definition) is 1. The molecule has 1 amide bonds. The van der Waals surface area contributed by atoms with Gasteiger partial charge in [-0.15, -0.1) is 0 Å². The molecule has 1 aromatic heterocycles. The lowest BCUT2D eigenvalue weighted by Crippen LogP contribution is -2.23. The molecule has 8 heteroatoms. The maximum atomic E-state index is 12.1. The predicted octanol–water partition coefficient (Wildman–Crippen LogP) is 4.63. The highest BCUT2D eigenvalue weighted by atomic mass is 35.5. The van der Waals surface area contributed by atoms with Gasteiger partial charge in [-0.1, -0.05) is 40.0 Å². The maximum Gasteiger partial charge on any atom is 0.253 e. The summed E-state index contributed by atoms with van der Waals surface area (Å²) in [5.41, 5.74) is 1.04. The highest BCUT2D eigenvalue weighted by Crippen LogP contribution is 2.21. The number of carbonyl (C=O) groups is 1. The van der Waals surface area contributed by atoms with E-state index in [1.165, 1.54) is 6.07 Å². The molecule has 2 aromatic carbocycles. The number of carbonyl (C=O) groups excluding carboxylic acids is 1. The molecule has 0 aliphatic rings. The molecule has 0 radical (unpaired) electrons. The summed E-state index contributed by atoms with van der Waals surface area (Å²) in [5.74, 6) is 0.303. The number of amides is 1. The van der Waals surface area contributed by atoms with Gasteiger partial charge in [0.05, 0.1) is 17.1 Å². The molecule has 0 aliphatic carbocycles. The van der Waals surface area contributed by atoms with Crippen molar-refractivity contribution in [2.24, 2.45) is 0 Å². The lowest BCUT2D eigenvalue weighted by atomic mass is 10.2. The molecule has 0 unspecified atom stereocenters. The zero-order valence-corrected chi connectivity index (χ0v) is 14.4. The van der Waals surface area contributed by atoms with Crippen LogP contribution in [0.4, 0.5) is 0 Å². The fourth-order valence-corrected chi connectivity index (χ4v) is 2.47. The van der Waals surface area contributed by atoms with Crippen LogP contribution in [0.2, 0.25) is 15.1 Å². The Morgan fingerprint density at radius 1 is 1.04 bits per heavy atom. The first-order valence-electron chi connectivity index (χ1n) is 6.85. The smallest absolute Gasteiger partial charge is 0.253 e. The molecule has 1 heterocycles. The van der Waals surface area contributed by atoms with Crippen molar-refractivity contribution in [2.45, 2.75) is 6.54 Å². The number of halogens is 3. The van der Waals surface area contributed by atoms with Crippen molar-refractivity contribution in [1.82, 2.24) is 15.5 Å². The van der Waals surface area contributed by atoms with E-state index in [9.17, 15) is 4.79 Å². The fourth-order valence-electron chi connectivity index (χ4n) is 1.97. The lowest BCUT2D eigenvalue weighted by Gasteiger charge is -2.04.